The van der Waals surface area contributed by atoms with Crippen molar-refractivity contribution in [2.24, 2.45) is 5.10 Å². The Labute approximate surface area is 214 Å². The van der Waals surface area contributed by atoms with E-state index in [1.807, 2.05) is 0 Å². The zero-order chi connectivity index (χ0) is 25.5. The fourth-order valence-electron chi connectivity index (χ4n) is 2.75. The largest absolute Gasteiger partial charge is 0.479 e. The monoisotopic (exact) mass is 537 g/mol. The first-order valence-corrected chi connectivity index (χ1v) is 11.1. The van der Waals surface area contributed by atoms with Gasteiger partial charge in [-0.15, -0.1) is 0 Å². The van der Waals surface area contributed by atoms with Gasteiger partial charge in [-0.25, -0.2) is 10.2 Å². The number of amides is 2. The number of nitrogens with one attached hydrogen (secondary N) is 2. The number of hydrogen-bond donors (Lipinski definition) is 3. The number of carboxylic acids is 1. The molecule has 0 aliphatic carbocycles. The molecule has 0 fully saturated rings. The predicted octanol–water partition coefficient (Wildman–Crippen LogP) is 4.64. The van der Waals surface area contributed by atoms with Crippen LogP contribution in [0.3, 0.4) is 0 Å². The fraction of sp³-hybridized carbons (Fsp3) is 0.130. The van der Waals surface area contributed by atoms with E-state index in [0.717, 1.165) is 0 Å². The first-order chi connectivity index (χ1) is 16.6. The van der Waals surface area contributed by atoms with Crippen molar-refractivity contribution in [2.75, 3.05) is 6.54 Å². The molecule has 2 aromatic carbocycles. The topological polar surface area (TPSA) is 130 Å². The first kappa shape index (κ1) is 26.1. The number of hydrogen-bond acceptors (Lipinski definition) is 6. The van der Waals surface area contributed by atoms with Crippen LogP contribution in [0.2, 0.25) is 15.1 Å². The SMILES string of the molecule is C[C@@H](Oc1ccc(Cl)cc1Cl)C(=O)NCC(=O)N/N=C\c1ccc(-c2ccc(Cl)c(C(=O)O)c2)o1. The Balaban J connectivity index is 1.48. The Kier molecular flexibility index (Phi) is 8.75. The summed E-state index contributed by atoms with van der Waals surface area (Å²) in [5, 5.41) is 16.2. The number of benzene rings is 2. The van der Waals surface area contributed by atoms with Crippen molar-refractivity contribution in [2.45, 2.75) is 13.0 Å². The van der Waals surface area contributed by atoms with Crippen molar-refractivity contribution in [3.8, 4) is 17.1 Å². The van der Waals surface area contributed by atoms with Gasteiger partial charge in [0.2, 0.25) is 0 Å². The molecule has 0 radical (unpaired) electrons. The third-order valence-corrected chi connectivity index (χ3v) is 5.34. The molecule has 3 aromatic rings. The number of halogens is 3. The third kappa shape index (κ3) is 7.22. The van der Waals surface area contributed by atoms with Gasteiger partial charge in [-0.05, 0) is 55.5 Å². The van der Waals surface area contributed by atoms with Crippen molar-refractivity contribution in [3.05, 3.63) is 74.9 Å². The summed E-state index contributed by atoms with van der Waals surface area (Å²) in [7, 11) is 0. The van der Waals surface area contributed by atoms with Crippen LogP contribution in [0.1, 0.15) is 23.0 Å². The molecular weight excluding hydrogens is 521 g/mol. The van der Waals surface area contributed by atoms with E-state index in [1.165, 1.54) is 37.4 Å². The number of furan rings is 1. The van der Waals surface area contributed by atoms with Gasteiger partial charge in [0.15, 0.2) is 6.10 Å². The molecule has 0 spiro atoms. The van der Waals surface area contributed by atoms with Crippen molar-refractivity contribution in [3.63, 3.8) is 0 Å². The van der Waals surface area contributed by atoms with Gasteiger partial charge in [-0.2, -0.15) is 5.10 Å². The van der Waals surface area contributed by atoms with E-state index in [-0.39, 0.29) is 27.9 Å². The van der Waals surface area contributed by atoms with E-state index in [1.54, 1.807) is 24.3 Å². The summed E-state index contributed by atoms with van der Waals surface area (Å²) in [4.78, 5) is 35.4. The summed E-state index contributed by atoms with van der Waals surface area (Å²) < 4.78 is 11.1. The van der Waals surface area contributed by atoms with Gasteiger partial charge in [0.1, 0.15) is 17.3 Å². The number of hydrazone groups is 1. The minimum Gasteiger partial charge on any atom is -0.479 e. The fourth-order valence-corrected chi connectivity index (χ4v) is 3.40. The Morgan fingerprint density at radius 2 is 1.86 bits per heavy atom. The van der Waals surface area contributed by atoms with Crippen LogP contribution in [0, 0.1) is 0 Å². The van der Waals surface area contributed by atoms with Gasteiger partial charge in [0.25, 0.3) is 11.8 Å². The molecule has 2 amide bonds. The average molecular weight is 539 g/mol. The molecule has 3 N–H and O–H groups in total. The maximum atomic E-state index is 12.2. The predicted molar refractivity (Wildman–Crippen MR) is 131 cm³/mol. The number of carboxylic acid groups (broad SMARTS) is 1. The summed E-state index contributed by atoms with van der Waals surface area (Å²) in [5.41, 5.74) is 2.71. The lowest BCUT2D eigenvalue weighted by molar-refractivity contribution is -0.130. The molecule has 182 valence electrons. The van der Waals surface area contributed by atoms with Gasteiger partial charge in [-0.1, -0.05) is 34.8 Å². The summed E-state index contributed by atoms with van der Waals surface area (Å²) in [6.07, 6.45) is 0.340. The number of aromatic carboxylic acids is 1. The molecule has 1 aromatic heterocycles. The van der Waals surface area contributed by atoms with E-state index in [4.69, 9.17) is 44.0 Å². The first-order valence-electron chi connectivity index (χ1n) is 9.98. The van der Waals surface area contributed by atoms with E-state index in [0.29, 0.717) is 22.1 Å². The Hall–Kier alpha value is -3.53. The summed E-state index contributed by atoms with van der Waals surface area (Å²) in [6.45, 7) is 1.16. The number of nitrogens with zero attached hydrogens (tertiary/aromatic N) is 1. The Bertz CT molecular complexity index is 1290. The van der Waals surface area contributed by atoms with Crippen molar-refractivity contribution in [1.82, 2.24) is 10.7 Å². The molecule has 1 atom stereocenters. The normalized spacial score (nSPS) is 11.8. The van der Waals surface area contributed by atoms with Crippen LogP contribution in [0.15, 0.2) is 58.0 Å². The standard InChI is InChI=1S/C23H18Cl3N3O6/c1-12(34-20-6-3-14(24)9-18(20)26)22(31)27-11-21(30)29-28-10-15-4-7-19(35-15)13-2-5-17(25)16(8-13)23(32)33/h2-10,12H,11H2,1H3,(H,27,31)(H,29,30)(H,32,33)/b28-10-/t12-/m1/s1. The quantitative estimate of drug-likeness (QED) is 0.269. The molecule has 1 heterocycles. The highest BCUT2D eigenvalue weighted by atomic mass is 35.5. The van der Waals surface area contributed by atoms with E-state index < -0.39 is 23.9 Å². The molecule has 0 saturated heterocycles. The minimum absolute atomic E-state index is 0.0546. The van der Waals surface area contributed by atoms with Gasteiger partial charge >= 0.3 is 5.97 Å². The van der Waals surface area contributed by atoms with Crippen molar-refractivity contribution < 1.29 is 28.6 Å². The van der Waals surface area contributed by atoms with Crippen LogP contribution >= 0.6 is 34.8 Å². The molecule has 0 unspecified atom stereocenters. The van der Waals surface area contributed by atoms with Crippen molar-refractivity contribution >= 4 is 58.8 Å². The second kappa shape index (κ2) is 11.7. The molecular formula is C23H18Cl3N3O6. The lowest BCUT2D eigenvalue weighted by Gasteiger charge is -2.15. The Morgan fingerprint density at radius 3 is 2.57 bits per heavy atom. The van der Waals surface area contributed by atoms with Gasteiger partial charge < -0.3 is 19.6 Å². The van der Waals surface area contributed by atoms with Crippen LogP contribution < -0.4 is 15.5 Å². The minimum atomic E-state index is -1.16. The highest BCUT2D eigenvalue weighted by Crippen LogP contribution is 2.28. The molecule has 12 heteroatoms. The number of rotatable bonds is 9. The van der Waals surface area contributed by atoms with Crippen molar-refractivity contribution in [1.29, 1.82) is 0 Å². The van der Waals surface area contributed by atoms with E-state index in [9.17, 15) is 19.5 Å². The summed E-state index contributed by atoms with van der Waals surface area (Å²) >= 11 is 17.7. The van der Waals surface area contributed by atoms with Crippen LogP contribution in [0.4, 0.5) is 0 Å². The maximum absolute atomic E-state index is 12.2. The van der Waals surface area contributed by atoms with E-state index in [2.05, 4.69) is 15.8 Å². The van der Waals surface area contributed by atoms with Crippen LogP contribution in [-0.2, 0) is 9.59 Å². The summed E-state index contributed by atoms with van der Waals surface area (Å²) in [6, 6.07) is 12.3. The highest BCUT2D eigenvalue weighted by molar-refractivity contribution is 6.35. The molecule has 0 aliphatic rings. The zero-order valence-corrected chi connectivity index (χ0v) is 20.3. The number of ether oxygens (including phenoxy) is 1. The second-order valence-electron chi connectivity index (χ2n) is 7.05. The van der Waals surface area contributed by atoms with E-state index >= 15 is 0 Å². The van der Waals surface area contributed by atoms with Crippen LogP contribution in [0.5, 0.6) is 5.75 Å². The number of carbonyl (C=O) groups excluding carboxylic acids is 2. The lowest BCUT2D eigenvalue weighted by Crippen LogP contribution is -2.41. The van der Waals surface area contributed by atoms with Crippen LogP contribution in [0.25, 0.3) is 11.3 Å². The molecule has 0 bridgehead atoms. The van der Waals surface area contributed by atoms with Gasteiger partial charge in [0.05, 0.1) is 28.4 Å². The summed E-state index contributed by atoms with van der Waals surface area (Å²) in [5.74, 6) is -1.30. The zero-order valence-electron chi connectivity index (χ0n) is 18.1. The molecule has 0 saturated carbocycles. The van der Waals surface area contributed by atoms with Gasteiger partial charge in [0, 0.05) is 10.6 Å². The van der Waals surface area contributed by atoms with Gasteiger partial charge in [-0.3, -0.25) is 9.59 Å². The second-order valence-corrected chi connectivity index (χ2v) is 8.30. The Morgan fingerprint density at radius 1 is 1.09 bits per heavy atom. The molecule has 3 rings (SSSR count). The van der Waals surface area contributed by atoms with Crippen LogP contribution in [-0.4, -0.2) is 41.8 Å². The molecule has 35 heavy (non-hydrogen) atoms. The number of carbonyl (C=O) groups is 3. The lowest BCUT2D eigenvalue weighted by atomic mass is 10.1. The highest BCUT2D eigenvalue weighted by Gasteiger charge is 2.17. The molecule has 9 nitrogen and oxygen atoms in total. The molecule has 0 aliphatic heterocycles. The third-order valence-electron chi connectivity index (χ3n) is 4.48. The maximum Gasteiger partial charge on any atom is 0.337 e. The average Bonchev–Trinajstić information content (AvgIpc) is 3.28. The smallest absolute Gasteiger partial charge is 0.337 e.